The van der Waals surface area contributed by atoms with Crippen LogP contribution < -0.4 is 0 Å². The lowest BCUT2D eigenvalue weighted by Crippen LogP contribution is -2.00. The van der Waals surface area contributed by atoms with Crippen LogP contribution in [-0.2, 0) is 13.8 Å². The van der Waals surface area contributed by atoms with Gasteiger partial charge < -0.3 is 4.74 Å². The zero-order chi connectivity index (χ0) is 35.0. The molecule has 4 unspecified atom stereocenters. The second-order valence-electron chi connectivity index (χ2n) is 8.23. The Kier molecular flexibility index (Phi) is 20.8. The lowest BCUT2D eigenvalue weighted by Gasteiger charge is -2.07. The fourth-order valence-electron chi connectivity index (χ4n) is 3.00. The van der Waals surface area contributed by atoms with Crippen LogP contribution in [0.3, 0.4) is 0 Å². The average Bonchev–Trinajstić information content (AvgIpc) is 3.02. The molecule has 0 saturated heterocycles. The zero-order valence-corrected chi connectivity index (χ0v) is 34.3. The first-order valence-electron chi connectivity index (χ1n) is 12.1. The van der Waals surface area contributed by atoms with E-state index in [9.17, 15) is 26.4 Å². The lowest BCUT2D eigenvalue weighted by molar-refractivity contribution is 0.0600. The average molecular weight is 914 g/mol. The minimum absolute atomic E-state index is 0.182. The molecule has 0 bridgehead atoms. The summed E-state index contributed by atoms with van der Waals surface area (Å²) in [4.78, 5) is 14.3. The van der Waals surface area contributed by atoms with Gasteiger partial charge in [0.25, 0.3) is 15.5 Å². The maximum atomic E-state index is 12.6. The van der Waals surface area contributed by atoms with Crippen molar-refractivity contribution in [2.45, 2.75) is 11.3 Å². The van der Waals surface area contributed by atoms with Crippen molar-refractivity contribution in [1.29, 1.82) is 0 Å². The fraction of sp³-hybridized carbons (Fsp3) is 0.0714. The molecule has 5 nitrogen and oxygen atoms in total. The van der Waals surface area contributed by atoms with Crippen molar-refractivity contribution in [2.24, 2.45) is 0 Å². The highest BCUT2D eigenvalue weighted by molar-refractivity contribution is 9.10. The number of hydrogen-bond acceptors (Lipinski definition) is 4. The van der Waals surface area contributed by atoms with E-state index in [1.165, 1.54) is 19.2 Å². The van der Waals surface area contributed by atoms with Crippen molar-refractivity contribution in [3.8, 4) is 11.1 Å². The third kappa shape index (κ3) is 15.7. The van der Waals surface area contributed by atoms with Gasteiger partial charge in [-0.15, -0.1) is 26.8 Å². The van der Waals surface area contributed by atoms with E-state index in [0.717, 1.165) is 47.8 Å². The predicted octanol–water partition coefficient (Wildman–Crippen LogP) is 12.7. The minimum Gasteiger partial charge on any atom is -0.465 e. The molecule has 4 aromatic rings. The summed E-state index contributed by atoms with van der Waals surface area (Å²) >= 11 is 12.6. The van der Waals surface area contributed by atoms with Crippen LogP contribution in [0, 0.1) is 12.4 Å². The standard InChI is InChI=1S/C14H10BrClO2.C7H3BrFN.C7H5ClF2O2S.H7P5/c1-18-14(17)10-5-6-12(13(16)8-10)9-3-2-4-11(15)7-9;1-10-6-4-2-3-5(9)7(6)8;8-13(11,12)6-3-1-5(2-4-6)7(9)10;1-4-5(2)3/h2-8H,1H3;2-4H;1-4,7H;4H,1-3H2. The molecule has 4 aromatic carbocycles. The topological polar surface area (TPSA) is 64.8 Å². The molecule has 0 heterocycles. The third-order valence-corrected chi connectivity index (χ3v) is 20.0. The molecule has 0 aliphatic heterocycles. The van der Waals surface area contributed by atoms with Crippen LogP contribution in [0.4, 0.5) is 18.9 Å². The molecule has 0 aromatic heterocycles. The molecule has 0 amide bonds. The van der Waals surface area contributed by atoms with E-state index in [2.05, 4.69) is 68.2 Å². The van der Waals surface area contributed by atoms with Gasteiger partial charge in [-0.2, -0.15) is 0 Å². The van der Waals surface area contributed by atoms with Crippen molar-refractivity contribution in [3.05, 3.63) is 127 Å². The molecule has 0 aliphatic carbocycles. The first-order chi connectivity index (χ1) is 21.5. The predicted molar refractivity (Wildman–Crippen MR) is 205 cm³/mol. The molecule has 0 saturated carbocycles. The van der Waals surface area contributed by atoms with Crippen LogP contribution >= 0.6 is 95.9 Å². The summed E-state index contributed by atoms with van der Waals surface area (Å²) < 4.78 is 63.9. The fourth-order valence-corrected chi connectivity index (χ4v) is 4.82. The Morgan fingerprint density at radius 2 is 1.61 bits per heavy atom. The lowest BCUT2D eigenvalue weighted by atomic mass is 10.0. The van der Waals surface area contributed by atoms with E-state index < -0.39 is 27.3 Å². The molecular weight excluding hydrogens is 889 g/mol. The highest BCUT2D eigenvalue weighted by Crippen LogP contribution is 2.71. The van der Waals surface area contributed by atoms with Gasteiger partial charge >= 0.3 is 5.97 Å². The number of nitrogens with zero attached hydrogens (tertiary/aromatic N) is 1. The van der Waals surface area contributed by atoms with E-state index in [1.807, 2.05) is 30.3 Å². The smallest absolute Gasteiger partial charge is 0.337 e. The summed E-state index contributed by atoms with van der Waals surface area (Å²) in [6, 6.07) is 21.5. The molecule has 0 spiro atoms. The number of halogens is 7. The Hall–Kier alpha value is -0.730. The largest absolute Gasteiger partial charge is 0.465 e. The van der Waals surface area contributed by atoms with Crippen LogP contribution in [0.15, 0.2) is 98.8 Å². The van der Waals surface area contributed by atoms with Crippen LogP contribution in [-0.4, -0.2) is 21.5 Å². The Morgan fingerprint density at radius 3 is 2.04 bits per heavy atom. The monoisotopic (exact) mass is 911 g/mol. The minimum atomic E-state index is -3.82. The number of rotatable bonds is 5. The van der Waals surface area contributed by atoms with E-state index in [-0.39, 0.29) is 21.9 Å². The quantitative estimate of drug-likeness (QED) is 0.0866. The van der Waals surface area contributed by atoms with Gasteiger partial charge in [-0.3, -0.25) is 0 Å². The molecule has 0 fully saturated rings. The Bertz CT molecular complexity index is 1750. The maximum Gasteiger partial charge on any atom is 0.337 e. The number of carbonyl (C=O) groups is 1. The van der Waals surface area contributed by atoms with Crippen LogP contribution in [0.1, 0.15) is 22.3 Å². The van der Waals surface area contributed by atoms with Crippen LogP contribution in [0.2, 0.25) is 5.02 Å². The molecule has 0 aliphatic rings. The van der Waals surface area contributed by atoms with Crippen molar-refractivity contribution < 1.29 is 31.1 Å². The second-order valence-corrected chi connectivity index (χ2v) is 26.9. The Balaban J connectivity index is 0.000000333. The first kappa shape index (κ1) is 43.3. The molecule has 4 atom stereocenters. The summed E-state index contributed by atoms with van der Waals surface area (Å²) in [5, 5.41) is 0.524. The number of methoxy groups -OCH3 is 1. The maximum absolute atomic E-state index is 12.6. The van der Waals surface area contributed by atoms with E-state index >= 15 is 0 Å². The van der Waals surface area contributed by atoms with Crippen molar-refractivity contribution >= 4 is 117 Å². The Labute approximate surface area is 302 Å². The number of hydrogen-bond donors (Lipinski definition) is 0. The highest BCUT2D eigenvalue weighted by atomic mass is 79.9. The molecule has 246 valence electrons. The van der Waals surface area contributed by atoms with E-state index in [1.54, 1.807) is 18.2 Å². The highest BCUT2D eigenvalue weighted by Gasteiger charge is 2.12. The van der Waals surface area contributed by atoms with Gasteiger partial charge in [0.2, 0.25) is 5.69 Å². The van der Waals surface area contributed by atoms with Crippen molar-refractivity contribution in [1.82, 2.24) is 0 Å². The molecule has 46 heavy (non-hydrogen) atoms. The molecule has 4 rings (SSSR count). The van der Waals surface area contributed by atoms with Gasteiger partial charge in [0.15, 0.2) is 0 Å². The van der Waals surface area contributed by atoms with Gasteiger partial charge in [-0.25, -0.2) is 31.2 Å². The summed E-state index contributed by atoms with van der Waals surface area (Å²) in [7, 11) is 11.7. The number of esters is 1. The number of carbonyl (C=O) groups excluding carboxylic acids is 1. The van der Waals surface area contributed by atoms with Gasteiger partial charge in [-0.1, -0.05) is 93.9 Å². The summed E-state index contributed by atoms with van der Waals surface area (Å²) in [6.07, 6.45) is -2.60. The molecule has 18 heteroatoms. The summed E-state index contributed by atoms with van der Waals surface area (Å²) in [5.74, 6) is -0.786. The molecular formula is C28H25Br2Cl2F3NO4P5S. The molecule has 0 N–H and O–H groups in total. The zero-order valence-electron chi connectivity index (χ0n) is 23.5. The first-order valence-corrected chi connectivity index (χ1v) is 24.6. The van der Waals surface area contributed by atoms with Gasteiger partial charge in [0, 0.05) is 31.3 Å². The van der Waals surface area contributed by atoms with E-state index in [0.29, 0.717) is 16.3 Å². The van der Waals surface area contributed by atoms with Gasteiger partial charge in [-0.05, 0) is 55.0 Å². The third-order valence-electron chi connectivity index (χ3n) is 5.14. The summed E-state index contributed by atoms with van der Waals surface area (Å²) in [6.45, 7) is 6.84. The van der Waals surface area contributed by atoms with Gasteiger partial charge in [0.1, 0.15) is 5.82 Å². The summed E-state index contributed by atoms with van der Waals surface area (Å²) in [5.41, 5.74) is 2.39. The van der Waals surface area contributed by atoms with Gasteiger partial charge in [0.05, 0.1) is 28.6 Å². The number of alkyl halides is 2. The Morgan fingerprint density at radius 1 is 1.02 bits per heavy atom. The second kappa shape index (κ2) is 22.1. The molecule has 0 radical (unpaired) electrons. The van der Waals surface area contributed by atoms with Crippen LogP contribution in [0.25, 0.3) is 16.0 Å². The number of benzene rings is 4. The number of ether oxygens (including phenoxy) is 1. The van der Waals surface area contributed by atoms with Crippen molar-refractivity contribution in [2.75, 3.05) is 7.11 Å². The van der Waals surface area contributed by atoms with Crippen molar-refractivity contribution in [3.63, 3.8) is 0 Å². The normalized spacial score (nSPS) is 10.6. The van der Waals surface area contributed by atoms with Crippen LogP contribution in [0.5, 0.6) is 0 Å². The SMILES string of the molecule is COC(=O)c1ccc(-c2cccc(Br)c2)c(Cl)c1.O=S(=O)(Cl)c1ccc(C(F)F)cc1.PPP(P)P.[C-]#[N+]c1cccc(F)c1Br. The van der Waals surface area contributed by atoms with E-state index in [4.69, 9.17) is 28.9 Å².